The van der Waals surface area contributed by atoms with E-state index in [0.717, 1.165) is 21.8 Å². The summed E-state index contributed by atoms with van der Waals surface area (Å²) in [5, 5.41) is 0.927. The minimum atomic E-state index is 0.927. The van der Waals surface area contributed by atoms with Crippen LogP contribution in [0.15, 0.2) is 28.5 Å². The molecule has 0 spiro atoms. The fourth-order valence-corrected chi connectivity index (χ4v) is 1.92. The van der Waals surface area contributed by atoms with Crippen LogP contribution in [0.4, 0.5) is 0 Å². The molecule has 0 bridgehead atoms. The van der Waals surface area contributed by atoms with Gasteiger partial charge in [-0.15, -0.1) is 0 Å². The van der Waals surface area contributed by atoms with Gasteiger partial charge in [-0.25, -0.2) is 0 Å². The zero-order valence-electron chi connectivity index (χ0n) is 7.43. The molecule has 1 aromatic heterocycles. The zero-order valence-corrected chi connectivity index (χ0v) is 10.6. The van der Waals surface area contributed by atoms with Crippen molar-refractivity contribution in [2.45, 2.75) is 13.3 Å². The van der Waals surface area contributed by atoms with Crippen molar-refractivity contribution in [1.29, 1.82) is 0 Å². The van der Waals surface area contributed by atoms with Crippen molar-refractivity contribution in [3.05, 3.63) is 34.1 Å². The molecule has 0 aliphatic heterocycles. The molecule has 0 saturated heterocycles. The fourth-order valence-electron chi connectivity index (χ4n) is 0.978. The number of aromatic nitrogens is 1. The van der Waals surface area contributed by atoms with Gasteiger partial charge in [0.15, 0.2) is 0 Å². The molecule has 0 aliphatic rings. The van der Waals surface area contributed by atoms with Crippen LogP contribution in [0.5, 0.6) is 0 Å². The Morgan fingerprint density at radius 1 is 1.54 bits per heavy atom. The molecule has 0 fully saturated rings. The monoisotopic (exact) mass is 303 g/mol. The molecular weight excluding hydrogens is 294 g/mol. The van der Waals surface area contributed by atoms with Crippen molar-refractivity contribution in [3.8, 4) is 0 Å². The average Bonchev–Trinajstić information content (AvgIpc) is 2.14. The molecule has 0 amide bonds. The van der Waals surface area contributed by atoms with Gasteiger partial charge in [-0.05, 0) is 34.0 Å². The minimum absolute atomic E-state index is 0.927. The number of nitrogens with zero attached hydrogens (tertiary/aromatic N) is 1. The molecule has 0 atom stereocenters. The van der Waals surface area contributed by atoms with Gasteiger partial charge in [0, 0.05) is 22.2 Å². The van der Waals surface area contributed by atoms with E-state index in [1.807, 2.05) is 6.20 Å². The highest BCUT2D eigenvalue weighted by atomic mass is 79.9. The Bertz CT molecular complexity index is 302. The van der Waals surface area contributed by atoms with Gasteiger partial charge in [-0.3, -0.25) is 4.98 Å². The van der Waals surface area contributed by atoms with E-state index < -0.39 is 0 Å². The van der Waals surface area contributed by atoms with Gasteiger partial charge in [-0.2, -0.15) is 0 Å². The molecule has 0 radical (unpaired) electrons. The van der Waals surface area contributed by atoms with Crippen molar-refractivity contribution in [2.24, 2.45) is 0 Å². The average molecular weight is 305 g/mol. The second-order valence-corrected chi connectivity index (χ2v) is 4.20. The molecule has 0 unspecified atom stereocenters. The quantitative estimate of drug-likeness (QED) is 0.768. The second kappa shape index (κ2) is 5.55. The van der Waals surface area contributed by atoms with Crippen LogP contribution in [-0.2, 0) is 0 Å². The maximum absolute atomic E-state index is 4.10. The molecular formula is C10H11Br2N. The van der Waals surface area contributed by atoms with E-state index in [4.69, 9.17) is 0 Å². The number of pyridine rings is 1. The maximum atomic E-state index is 4.10. The minimum Gasteiger partial charge on any atom is -0.263 e. The third-order valence-electron chi connectivity index (χ3n) is 1.72. The van der Waals surface area contributed by atoms with Gasteiger partial charge in [0.25, 0.3) is 0 Å². The molecule has 0 aromatic carbocycles. The lowest BCUT2D eigenvalue weighted by molar-refractivity contribution is 1.12. The van der Waals surface area contributed by atoms with Crippen LogP contribution in [0, 0.1) is 0 Å². The Labute approximate surface area is 95.5 Å². The fraction of sp³-hybridized carbons (Fsp3) is 0.300. The number of hydrogen-bond acceptors (Lipinski definition) is 1. The Balaban J connectivity index is 2.89. The number of hydrogen-bond donors (Lipinski definition) is 0. The van der Waals surface area contributed by atoms with Crippen molar-refractivity contribution in [2.75, 3.05) is 5.33 Å². The highest BCUT2D eigenvalue weighted by Crippen LogP contribution is 2.15. The van der Waals surface area contributed by atoms with Crippen molar-refractivity contribution in [1.82, 2.24) is 4.98 Å². The van der Waals surface area contributed by atoms with Crippen LogP contribution in [-0.4, -0.2) is 10.3 Å². The summed E-state index contributed by atoms with van der Waals surface area (Å²) < 4.78 is 1.02. The third-order valence-corrected chi connectivity index (χ3v) is 2.88. The lowest BCUT2D eigenvalue weighted by atomic mass is 10.1. The smallest absolute Gasteiger partial charge is 0.0410 e. The van der Waals surface area contributed by atoms with Crippen molar-refractivity contribution < 1.29 is 0 Å². The van der Waals surface area contributed by atoms with E-state index in [0.29, 0.717) is 0 Å². The summed E-state index contributed by atoms with van der Waals surface area (Å²) in [5.41, 5.74) is 2.52. The summed E-state index contributed by atoms with van der Waals surface area (Å²) >= 11 is 6.84. The Hall–Kier alpha value is -0.150. The van der Waals surface area contributed by atoms with Crippen LogP contribution in [0.25, 0.3) is 6.08 Å². The lowest BCUT2D eigenvalue weighted by Crippen LogP contribution is -1.83. The van der Waals surface area contributed by atoms with E-state index in [9.17, 15) is 0 Å². The lowest BCUT2D eigenvalue weighted by Gasteiger charge is -1.99. The van der Waals surface area contributed by atoms with E-state index in [2.05, 4.69) is 55.9 Å². The normalized spacial score (nSPS) is 11.8. The summed E-state index contributed by atoms with van der Waals surface area (Å²) in [6, 6.07) is 2.06. The number of allylic oxidation sites excluding steroid dienone is 1. The molecule has 1 aromatic rings. The molecule has 70 valence electrons. The van der Waals surface area contributed by atoms with E-state index in [-0.39, 0.29) is 0 Å². The molecule has 3 heteroatoms. The molecule has 1 nitrogen and oxygen atoms in total. The topological polar surface area (TPSA) is 12.9 Å². The summed E-state index contributed by atoms with van der Waals surface area (Å²) in [6.07, 6.45) is 6.88. The Morgan fingerprint density at radius 2 is 2.31 bits per heavy atom. The summed E-state index contributed by atoms with van der Waals surface area (Å²) in [7, 11) is 0. The van der Waals surface area contributed by atoms with E-state index >= 15 is 0 Å². The number of alkyl halides is 1. The standard InChI is InChI=1S/C10H11Br2N/c1-2-8(5-11)3-9-4-10(12)7-13-6-9/h3-4,6-7H,2,5H2,1H3/b8-3-. The largest absolute Gasteiger partial charge is 0.263 e. The SMILES string of the molecule is CC/C(=C/c1cncc(Br)c1)CBr. The van der Waals surface area contributed by atoms with Gasteiger partial charge in [0.1, 0.15) is 0 Å². The first-order valence-electron chi connectivity index (χ1n) is 4.12. The first kappa shape index (κ1) is 10.9. The van der Waals surface area contributed by atoms with Crippen LogP contribution in [0.3, 0.4) is 0 Å². The van der Waals surface area contributed by atoms with Crippen molar-refractivity contribution in [3.63, 3.8) is 0 Å². The van der Waals surface area contributed by atoms with Gasteiger partial charge >= 0.3 is 0 Å². The summed E-state index contributed by atoms with van der Waals surface area (Å²) in [5.74, 6) is 0. The predicted molar refractivity (Wildman–Crippen MR) is 64.0 cm³/mol. The zero-order chi connectivity index (χ0) is 9.68. The van der Waals surface area contributed by atoms with Gasteiger partial charge < -0.3 is 0 Å². The second-order valence-electron chi connectivity index (χ2n) is 2.73. The Kier molecular flexibility index (Phi) is 4.67. The maximum Gasteiger partial charge on any atom is 0.0410 e. The highest BCUT2D eigenvalue weighted by Gasteiger charge is 1.94. The Morgan fingerprint density at radius 3 is 2.85 bits per heavy atom. The molecule has 13 heavy (non-hydrogen) atoms. The van der Waals surface area contributed by atoms with Crippen LogP contribution in [0.1, 0.15) is 18.9 Å². The molecule has 0 N–H and O–H groups in total. The highest BCUT2D eigenvalue weighted by molar-refractivity contribution is 9.10. The van der Waals surface area contributed by atoms with E-state index in [1.165, 1.54) is 5.57 Å². The molecule has 0 saturated carbocycles. The predicted octanol–water partition coefficient (Wildman–Crippen LogP) is 4.03. The molecule has 1 rings (SSSR count). The first-order valence-corrected chi connectivity index (χ1v) is 6.03. The van der Waals surface area contributed by atoms with Crippen molar-refractivity contribution >= 4 is 37.9 Å². The van der Waals surface area contributed by atoms with Gasteiger partial charge in [0.2, 0.25) is 0 Å². The number of rotatable bonds is 3. The van der Waals surface area contributed by atoms with Crippen LogP contribution >= 0.6 is 31.9 Å². The van der Waals surface area contributed by atoms with Gasteiger partial charge in [-0.1, -0.05) is 34.5 Å². The molecule has 1 heterocycles. The van der Waals surface area contributed by atoms with E-state index in [1.54, 1.807) is 6.20 Å². The molecule has 0 aliphatic carbocycles. The summed E-state index contributed by atoms with van der Waals surface area (Å²) in [6.45, 7) is 2.15. The van der Waals surface area contributed by atoms with Crippen LogP contribution in [0.2, 0.25) is 0 Å². The number of halogens is 2. The third kappa shape index (κ3) is 3.61. The first-order chi connectivity index (χ1) is 6.26. The van der Waals surface area contributed by atoms with Crippen LogP contribution < -0.4 is 0 Å². The van der Waals surface area contributed by atoms with Gasteiger partial charge in [0.05, 0.1) is 0 Å². The summed E-state index contributed by atoms with van der Waals surface area (Å²) in [4.78, 5) is 4.10.